The van der Waals surface area contributed by atoms with E-state index in [-0.39, 0.29) is 30.2 Å². The van der Waals surface area contributed by atoms with Gasteiger partial charge in [0.25, 0.3) is 0 Å². The highest BCUT2D eigenvalue weighted by molar-refractivity contribution is 7.80. The summed E-state index contributed by atoms with van der Waals surface area (Å²) in [5.41, 5.74) is 3.05. The summed E-state index contributed by atoms with van der Waals surface area (Å²) in [6, 6.07) is 20.2. The van der Waals surface area contributed by atoms with Crippen molar-refractivity contribution < 1.29 is 9.18 Å². The minimum Gasteiger partial charge on any atom is -0.352 e. The number of carbonyl (C=O) groups is 1. The molecule has 1 fully saturated rings. The second-order valence-corrected chi connectivity index (χ2v) is 9.75. The van der Waals surface area contributed by atoms with Crippen LogP contribution in [0, 0.1) is 5.82 Å². The van der Waals surface area contributed by atoms with E-state index in [2.05, 4.69) is 15.6 Å². The van der Waals surface area contributed by atoms with Gasteiger partial charge >= 0.3 is 0 Å². The molecule has 0 saturated carbocycles. The maximum Gasteiger partial charge on any atom is 0.226 e. The lowest BCUT2D eigenvalue weighted by Gasteiger charge is -2.29. The summed E-state index contributed by atoms with van der Waals surface area (Å²) >= 11 is 18.4. The Morgan fingerprint density at radius 1 is 1.08 bits per heavy atom. The van der Waals surface area contributed by atoms with E-state index >= 15 is 0 Å². The quantitative estimate of drug-likeness (QED) is 0.262. The highest BCUT2D eigenvalue weighted by Gasteiger charge is 2.41. The van der Waals surface area contributed by atoms with Gasteiger partial charge in [0.1, 0.15) is 5.82 Å². The van der Waals surface area contributed by atoms with E-state index in [1.54, 1.807) is 18.3 Å². The number of pyridine rings is 1. The van der Waals surface area contributed by atoms with Gasteiger partial charge in [-0.1, -0.05) is 29.3 Å². The number of benzene rings is 2. The van der Waals surface area contributed by atoms with Crippen LogP contribution in [0.4, 0.5) is 10.1 Å². The summed E-state index contributed by atoms with van der Waals surface area (Å²) < 4.78 is 15.2. The van der Waals surface area contributed by atoms with Crippen LogP contribution in [0.3, 0.4) is 0 Å². The molecule has 4 aromatic rings. The first kappa shape index (κ1) is 25.2. The molecule has 0 aliphatic carbocycles. The van der Waals surface area contributed by atoms with Crippen molar-refractivity contribution >= 4 is 52.1 Å². The average Bonchev–Trinajstić information content (AvgIpc) is 3.48. The summed E-state index contributed by atoms with van der Waals surface area (Å²) in [6.07, 6.45) is 3.85. The number of anilines is 1. The lowest BCUT2D eigenvalue weighted by Crippen LogP contribution is -2.33. The molecule has 1 saturated heterocycles. The largest absolute Gasteiger partial charge is 0.352 e. The highest BCUT2D eigenvalue weighted by atomic mass is 35.5. The number of nitrogens with zero attached hydrogens (tertiary/aromatic N) is 3. The SMILES string of the molecule is O=C(CCN1C(=S)NC(c2ccccn2)C1c1cccn1-c1ccc(Cl)cc1Cl)Nc1ccc(F)cc1. The molecule has 188 valence electrons. The average molecular weight is 554 g/mol. The van der Waals surface area contributed by atoms with Gasteiger partial charge in [0.2, 0.25) is 5.91 Å². The van der Waals surface area contributed by atoms with Crippen LogP contribution in [0.2, 0.25) is 10.0 Å². The molecule has 0 spiro atoms. The second-order valence-electron chi connectivity index (χ2n) is 8.52. The number of nitrogens with one attached hydrogen (secondary N) is 2. The fourth-order valence-corrected chi connectivity index (χ4v) is 5.31. The number of halogens is 3. The van der Waals surface area contributed by atoms with Crippen molar-refractivity contribution in [3.8, 4) is 5.69 Å². The third kappa shape index (κ3) is 5.46. The molecule has 37 heavy (non-hydrogen) atoms. The Bertz CT molecular complexity index is 1430. The molecule has 10 heteroatoms. The van der Waals surface area contributed by atoms with Gasteiger partial charge in [0.15, 0.2) is 5.11 Å². The molecule has 2 aromatic carbocycles. The molecule has 0 radical (unpaired) electrons. The zero-order chi connectivity index (χ0) is 25.9. The maximum atomic E-state index is 13.2. The molecule has 6 nitrogen and oxygen atoms in total. The van der Waals surface area contributed by atoms with Crippen LogP contribution in [-0.2, 0) is 4.79 Å². The summed E-state index contributed by atoms with van der Waals surface area (Å²) in [7, 11) is 0. The molecule has 1 amide bonds. The van der Waals surface area contributed by atoms with Crippen LogP contribution >= 0.6 is 35.4 Å². The first-order valence-corrected chi connectivity index (χ1v) is 12.7. The fourth-order valence-electron chi connectivity index (χ4n) is 4.48. The molecule has 1 aliphatic heterocycles. The van der Waals surface area contributed by atoms with Crippen molar-refractivity contribution in [1.29, 1.82) is 0 Å². The summed E-state index contributed by atoms with van der Waals surface area (Å²) in [6.45, 7) is 0.354. The van der Waals surface area contributed by atoms with Gasteiger partial charge < -0.3 is 20.1 Å². The van der Waals surface area contributed by atoms with E-state index in [1.165, 1.54) is 24.3 Å². The van der Waals surface area contributed by atoms with Gasteiger partial charge in [-0.15, -0.1) is 0 Å². The zero-order valence-electron chi connectivity index (χ0n) is 19.4. The summed E-state index contributed by atoms with van der Waals surface area (Å²) in [4.78, 5) is 19.3. The normalized spacial score (nSPS) is 17.1. The smallest absolute Gasteiger partial charge is 0.226 e. The van der Waals surface area contributed by atoms with E-state index in [0.29, 0.717) is 27.4 Å². The molecule has 1 aliphatic rings. The molecule has 2 atom stereocenters. The molecule has 2 aromatic heterocycles. The highest BCUT2D eigenvalue weighted by Crippen LogP contribution is 2.40. The Kier molecular flexibility index (Phi) is 7.41. The van der Waals surface area contributed by atoms with Crippen molar-refractivity contribution in [2.45, 2.75) is 18.5 Å². The van der Waals surface area contributed by atoms with E-state index in [9.17, 15) is 9.18 Å². The maximum absolute atomic E-state index is 13.2. The molecule has 0 bridgehead atoms. The van der Waals surface area contributed by atoms with Crippen molar-refractivity contribution in [3.63, 3.8) is 0 Å². The monoisotopic (exact) mass is 553 g/mol. The number of hydrogen-bond donors (Lipinski definition) is 2. The predicted molar refractivity (Wildman–Crippen MR) is 148 cm³/mol. The van der Waals surface area contributed by atoms with Crippen molar-refractivity contribution in [2.75, 3.05) is 11.9 Å². The van der Waals surface area contributed by atoms with Crippen LogP contribution in [0.15, 0.2) is 85.2 Å². The third-order valence-electron chi connectivity index (χ3n) is 6.16. The predicted octanol–water partition coefficient (Wildman–Crippen LogP) is 6.32. The van der Waals surface area contributed by atoms with Crippen LogP contribution in [-0.4, -0.2) is 32.0 Å². The number of rotatable bonds is 7. The lowest BCUT2D eigenvalue weighted by atomic mass is 10.0. The number of carbonyl (C=O) groups excluding carboxylic acids is 1. The van der Waals surface area contributed by atoms with E-state index in [1.807, 2.05) is 52.1 Å². The minimum atomic E-state index is -0.362. The van der Waals surface area contributed by atoms with Crippen LogP contribution in [0.25, 0.3) is 5.69 Å². The zero-order valence-corrected chi connectivity index (χ0v) is 21.8. The molecule has 3 heterocycles. The molecule has 5 rings (SSSR count). The number of aromatic nitrogens is 2. The van der Waals surface area contributed by atoms with Gasteiger partial charge in [-0.05, 0) is 78.9 Å². The first-order chi connectivity index (χ1) is 17.9. The topological polar surface area (TPSA) is 62.2 Å². The van der Waals surface area contributed by atoms with Crippen LogP contribution in [0.5, 0.6) is 0 Å². The first-order valence-electron chi connectivity index (χ1n) is 11.6. The lowest BCUT2D eigenvalue weighted by molar-refractivity contribution is -0.116. The molecular weight excluding hydrogens is 532 g/mol. The van der Waals surface area contributed by atoms with Crippen LogP contribution < -0.4 is 10.6 Å². The standard InChI is InChI=1S/C27H22Cl2FN5OS/c28-17-6-11-22(20(29)16-17)34-14-3-5-23(34)26-25(21-4-1-2-13-31-21)33-27(37)35(26)15-12-24(36)32-19-9-7-18(30)8-10-19/h1-11,13-14,16,25-26H,12,15H2,(H,32,36)(H,33,37). The van der Waals surface area contributed by atoms with Crippen LogP contribution in [0.1, 0.15) is 29.9 Å². The number of thiocarbonyl (C=S) groups is 1. The fraction of sp³-hybridized carbons (Fsp3) is 0.148. The Morgan fingerprint density at radius 2 is 1.89 bits per heavy atom. The van der Waals surface area contributed by atoms with Gasteiger partial charge in [0.05, 0.1) is 28.5 Å². The molecule has 2 unspecified atom stereocenters. The Morgan fingerprint density at radius 3 is 2.62 bits per heavy atom. The third-order valence-corrected chi connectivity index (χ3v) is 7.05. The summed E-state index contributed by atoms with van der Waals surface area (Å²) in [5.74, 6) is -0.566. The summed E-state index contributed by atoms with van der Waals surface area (Å²) in [5, 5.41) is 7.78. The van der Waals surface area contributed by atoms with E-state index in [0.717, 1.165) is 17.1 Å². The second kappa shape index (κ2) is 10.9. The van der Waals surface area contributed by atoms with Crippen molar-refractivity contribution in [2.24, 2.45) is 0 Å². The van der Waals surface area contributed by atoms with Gasteiger partial charge in [-0.3, -0.25) is 9.78 Å². The Labute approximate surface area is 229 Å². The minimum absolute atomic E-state index is 0.174. The van der Waals surface area contributed by atoms with Gasteiger partial charge in [-0.2, -0.15) is 0 Å². The van der Waals surface area contributed by atoms with Gasteiger partial charge in [-0.25, -0.2) is 4.39 Å². The number of hydrogen-bond acceptors (Lipinski definition) is 3. The van der Waals surface area contributed by atoms with Gasteiger partial charge in [0, 0.05) is 41.8 Å². The van der Waals surface area contributed by atoms with Crippen molar-refractivity contribution in [1.82, 2.24) is 19.8 Å². The molecular formula is C27H22Cl2FN5OS. The van der Waals surface area contributed by atoms with E-state index < -0.39 is 0 Å². The number of amides is 1. The molecule has 2 N–H and O–H groups in total. The Balaban J connectivity index is 1.45. The Hall–Kier alpha value is -3.46. The van der Waals surface area contributed by atoms with E-state index in [4.69, 9.17) is 35.4 Å². The van der Waals surface area contributed by atoms with Crippen molar-refractivity contribution in [3.05, 3.63) is 112 Å².